The van der Waals surface area contributed by atoms with Crippen molar-refractivity contribution in [2.45, 2.75) is 76.2 Å². The molecule has 0 bridgehead atoms. The van der Waals surface area contributed by atoms with Gasteiger partial charge in [0.15, 0.2) is 0 Å². The summed E-state index contributed by atoms with van der Waals surface area (Å²) < 4.78 is 70.7. The molecular formula is C33H38F5N7O. The number of H-pyrrole nitrogens is 1. The molecule has 0 aliphatic carbocycles. The zero-order chi connectivity index (χ0) is 33.0. The minimum Gasteiger partial charge on any atom is -0.374 e. The van der Waals surface area contributed by atoms with Gasteiger partial charge in [-0.25, -0.2) is 13.6 Å². The molecule has 3 heterocycles. The van der Waals surface area contributed by atoms with Crippen LogP contribution in [0, 0.1) is 11.2 Å². The van der Waals surface area contributed by atoms with Crippen LogP contribution in [0.5, 0.6) is 0 Å². The highest BCUT2D eigenvalue weighted by Crippen LogP contribution is 2.35. The van der Waals surface area contributed by atoms with Crippen molar-refractivity contribution in [3.63, 3.8) is 0 Å². The number of benzene rings is 2. The smallest absolute Gasteiger partial charge is 0.374 e. The number of halogens is 5. The van der Waals surface area contributed by atoms with Crippen molar-refractivity contribution in [3.8, 4) is 16.9 Å². The summed E-state index contributed by atoms with van der Waals surface area (Å²) in [6.45, 7) is 1.65. The first-order chi connectivity index (χ1) is 21.9. The van der Waals surface area contributed by atoms with Gasteiger partial charge in [0, 0.05) is 47.5 Å². The van der Waals surface area contributed by atoms with Gasteiger partial charge in [0.05, 0.1) is 17.1 Å². The second-order valence-corrected chi connectivity index (χ2v) is 12.0. The fraction of sp³-hybridized carbons (Fsp3) is 0.424. The van der Waals surface area contributed by atoms with Gasteiger partial charge in [-0.2, -0.15) is 18.2 Å². The fourth-order valence-corrected chi connectivity index (χ4v) is 6.01. The number of alkyl halides is 4. The molecule has 13 heteroatoms. The molecule has 2 aromatic heterocycles. The van der Waals surface area contributed by atoms with Crippen molar-refractivity contribution in [2.24, 2.45) is 5.73 Å². The third-order valence-corrected chi connectivity index (χ3v) is 8.38. The highest BCUT2D eigenvalue weighted by Gasteiger charge is 2.31. The van der Waals surface area contributed by atoms with Gasteiger partial charge in [-0.3, -0.25) is 9.98 Å². The van der Waals surface area contributed by atoms with E-state index in [1.807, 2.05) is 0 Å². The Kier molecular flexibility index (Phi) is 10.2. The van der Waals surface area contributed by atoms with E-state index in [-0.39, 0.29) is 35.4 Å². The number of piperidine rings is 1. The van der Waals surface area contributed by atoms with Gasteiger partial charge >= 0.3 is 11.9 Å². The van der Waals surface area contributed by atoms with Gasteiger partial charge in [0.2, 0.25) is 0 Å². The molecule has 2 aromatic carbocycles. The summed E-state index contributed by atoms with van der Waals surface area (Å²) in [5.41, 5.74) is 6.10. The molecule has 8 nitrogen and oxygen atoms in total. The maximum absolute atomic E-state index is 15.5. The first-order valence-electron chi connectivity index (χ1n) is 15.4. The molecule has 0 saturated carbocycles. The van der Waals surface area contributed by atoms with Crippen LogP contribution < -0.4 is 22.1 Å². The van der Waals surface area contributed by atoms with Crippen LogP contribution in [0.1, 0.15) is 68.2 Å². The van der Waals surface area contributed by atoms with Crippen LogP contribution in [-0.2, 0) is 12.6 Å². The predicted octanol–water partition coefficient (Wildman–Crippen LogP) is 6.32. The lowest BCUT2D eigenvalue weighted by atomic mass is 9.91. The van der Waals surface area contributed by atoms with Gasteiger partial charge in [0.25, 0.3) is 0 Å². The molecule has 1 aliphatic rings. The Morgan fingerprint density at radius 1 is 1.20 bits per heavy atom. The molecule has 0 amide bonds. The Morgan fingerprint density at radius 3 is 2.72 bits per heavy atom. The second kappa shape index (κ2) is 14.1. The summed E-state index contributed by atoms with van der Waals surface area (Å²) >= 11 is 0. The molecule has 3 atom stereocenters. The number of nitrogens with zero attached hydrogens (tertiary/aromatic N) is 2. The van der Waals surface area contributed by atoms with Crippen LogP contribution in [0.25, 0.3) is 28.0 Å². The predicted molar refractivity (Wildman–Crippen MR) is 169 cm³/mol. The van der Waals surface area contributed by atoms with E-state index in [0.717, 1.165) is 37.8 Å². The summed E-state index contributed by atoms with van der Waals surface area (Å²) in [6, 6.07) is 9.27. The van der Waals surface area contributed by atoms with Crippen LogP contribution >= 0.6 is 0 Å². The van der Waals surface area contributed by atoms with Crippen LogP contribution in [-0.4, -0.2) is 45.7 Å². The lowest BCUT2D eigenvalue weighted by Crippen LogP contribution is -2.39. The third-order valence-electron chi connectivity index (χ3n) is 8.38. The van der Waals surface area contributed by atoms with Gasteiger partial charge in [-0.05, 0) is 93.0 Å². The first kappa shape index (κ1) is 33.3. The van der Waals surface area contributed by atoms with Crippen LogP contribution in [0.3, 0.4) is 0 Å². The second-order valence-electron chi connectivity index (χ2n) is 12.0. The average Bonchev–Trinajstić information content (AvgIpc) is 3.43. The normalized spacial score (nSPS) is 17.7. The molecule has 1 fully saturated rings. The van der Waals surface area contributed by atoms with Gasteiger partial charge in [0.1, 0.15) is 18.1 Å². The number of aromatic nitrogens is 3. The molecule has 0 unspecified atom stereocenters. The lowest BCUT2D eigenvalue weighted by Gasteiger charge is -2.32. The van der Waals surface area contributed by atoms with Crippen molar-refractivity contribution >= 4 is 16.9 Å². The number of fused-ring (bicyclic) bond motifs is 1. The Hall–Kier alpha value is -4.10. The van der Waals surface area contributed by atoms with Gasteiger partial charge in [-0.1, -0.05) is 12.5 Å². The Balaban J connectivity index is 1.39. The molecule has 246 valence electrons. The Labute approximate surface area is 263 Å². The van der Waals surface area contributed by atoms with Crippen molar-refractivity contribution in [2.75, 3.05) is 13.2 Å². The summed E-state index contributed by atoms with van der Waals surface area (Å²) in [5.74, 6) is -0.0591. The number of rotatable bonds is 11. The summed E-state index contributed by atoms with van der Waals surface area (Å²) in [5, 5.41) is 14.5. The maximum atomic E-state index is 15.5. The van der Waals surface area contributed by atoms with E-state index in [1.165, 1.54) is 16.8 Å². The Morgan fingerprint density at radius 2 is 2.00 bits per heavy atom. The number of hydrogen-bond donors (Lipinski definition) is 5. The standard InChI is InChI=1S/C33H38F5N7O/c1-19(39)41-11-10-25-6-3-7-29(42-25)27-9-8-26(16-28(27)35)45-18-22-15-30(43-31(22)44-32(45)46)21-12-20(4-2-5-24(40)17-34)13-23(14-21)33(36,37)38/h8-9,12-16,18,24-25,29,42H,2-7,10-11,17,40H2,1H3,(H2,39,41)(H,43,44,46)/t24-,25+,29+/m1/s1. The zero-order valence-electron chi connectivity index (χ0n) is 25.5. The van der Waals surface area contributed by atoms with E-state index in [2.05, 4.69) is 20.6 Å². The van der Waals surface area contributed by atoms with Crippen molar-refractivity contribution in [3.05, 3.63) is 81.7 Å². The molecule has 6 N–H and O–H groups in total. The van der Waals surface area contributed by atoms with E-state index >= 15 is 4.39 Å². The quantitative estimate of drug-likeness (QED) is 0.0744. The van der Waals surface area contributed by atoms with Crippen molar-refractivity contribution < 1.29 is 22.0 Å². The minimum absolute atomic E-state index is 0.184. The average molecular weight is 644 g/mol. The molecule has 1 saturated heterocycles. The van der Waals surface area contributed by atoms with E-state index in [4.69, 9.17) is 11.1 Å². The summed E-state index contributed by atoms with van der Waals surface area (Å²) in [6.07, 6.45) is 1.43. The summed E-state index contributed by atoms with van der Waals surface area (Å²) in [7, 11) is 0. The molecule has 46 heavy (non-hydrogen) atoms. The highest BCUT2D eigenvalue weighted by molar-refractivity contribution is 5.83. The number of amidine groups is 1. The fourth-order valence-electron chi connectivity index (χ4n) is 6.01. The van der Waals surface area contributed by atoms with E-state index < -0.39 is 36.0 Å². The van der Waals surface area contributed by atoms with Crippen LogP contribution in [0.4, 0.5) is 22.0 Å². The molecule has 1 aliphatic heterocycles. The monoisotopic (exact) mass is 643 g/mol. The number of aryl methyl sites for hydroxylation is 1. The molecule has 0 spiro atoms. The molecule has 0 radical (unpaired) electrons. The number of nitrogens with two attached hydrogens (primary N) is 1. The summed E-state index contributed by atoms with van der Waals surface area (Å²) in [4.78, 5) is 20.0. The maximum Gasteiger partial charge on any atom is 0.416 e. The highest BCUT2D eigenvalue weighted by atomic mass is 19.4. The van der Waals surface area contributed by atoms with E-state index in [1.54, 1.807) is 31.2 Å². The first-order valence-corrected chi connectivity index (χ1v) is 15.4. The third kappa shape index (κ3) is 8.00. The largest absolute Gasteiger partial charge is 0.416 e. The molecular weight excluding hydrogens is 605 g/mol. The van der Waals surface area contributed by atoms with Gasteiger partial charge < -0.3 is 21.4 Å². The minimum atomic E-state index is -4.59. The topological polar surface area (TPSA) is 125 Å². The lowest BCUT2D eigenvalue weighted by molar-refractivity contribution is -0.137. The molecule has 4 aromatic rings. The van der Waals surface area contributed by atoms with E-state index in [0.29, 0.717) is 47.4 Å². The van der Waals surface area contributed by atoms with Crippen LogP contribution in [0.2, 0.25) is 0 Å². The SMILES string of the molecule is CC(=N)NCC[C@@H]1CCC[C@@H](c2ccc(-n3cc4cc(-c5cc(CCC[C@@H](N)CF)cc(C(F)(F)F)c5)[nH]c4nc3=O)cc2F)N1. The number of nitrogens with one attached hydrogen (secondary N) is 4. The van der Waals surface area contributed by atoms with Crippen molar-refractivity contribution in [1.29, 1.82) is 5.41 Å². The molecule has 5 rings (SSSR count). The van der Waals surface area contributed by atoms with Crippen LogP contribution in [0.15, 0.2) is 53.5 Å². The number of aromatic amines is 1. The van der Waals surface area contributed by atoms with E-state index in [9.17, 15) is 22.4 Å². The zero-order valence-corrected chi connectivity index (χ0v) is 25.5. The Bertz CT molecular complexity index is 1750. The van der Waals surface area contributed by atoms with Gasteiger partial charge in [-0.15, -0.1) is 0 Å². The van der Waals surface area contributed by atoms with Crippen molar-refractivity contribution in [1.82, 2.24) is 25.2 Å². The number of hydrogen-bond acceptors (Lipinski definition) is 5.